The Kier molecular flexibility index (Phi) is 9.45. The molecule has 0 aliphatic rings. The molecule has 12 heteroatoms. The molecule has 0 spiro atoms. The Labute approximate surface area is 231 Å². The van der Waals surface area contributed by atoms with Crippen molar-refractivity contribution in [2.75, 3.05) is 7.11 Å². The third-order valence-corrected chi connectivity index (χ3v) is 6.44. The molecule has 2 aromatic carbocycles. The van der Waals surface area contributed by atoms with Crippen LogP contribution in [0.25, 0.3) is 6.08 Å². The van der Waals surface area contributed by atoms with Crippen LogP contribution in [0.4, 0.5) is 18.4 Å². The van der Waals surface area contributed by atoms with E-state index in [9.17, 15) is 23.2 Å². The quantitative estimate of drug-likeness (QED) is 0.150. The third kappa shape index (κ3) is 6.68. The van der Waals surface area contributed by atoms with Gasteiger partial charge in [0.15, 0.2) is 11.6 Å². The van der Waals surface area contributed by atoms with Crippen molar-refractivity contribution in [3.05, 3.63) is 99.5 Å². The van der Waals surface area contributed by atoms with Gasteiger partial charge in [-0.1, -0.05) is 18.7 Å². The molecule has 0 radical (unpaired) electrons. The molecule has 3 N–H and O–H groups in total. The predicted octanol–water partition coefficient (Wildman–Crippen LogP) is 4.91. The number of aromatic nitrogens is 1. The number of pyridine rings is 1. The molecule has 38 heavy (non-hydrogen) atoms. The van der Waals surface area contributed by atoms with Gasteiger partial charge in [-0.2, -0.15) is 0 Å². The SMILES string of the molecule is C=Cc1cc(CN(C(=O)N(Cc2ccc[nH]c2=O)C(N)=O)[C@H](I)Oc2ccc(OC)cc2C)cc(F)c1F. The first kappa shape index (κ1) is 28.6. The largest absolute Gasteiger partial charge is 0.497 e. The molecule has 0 aliphatic carbocycles. The van der Waals surface area contributed by atoms with E-state index >= 15 is 0 Å². The minimum Gasteiger partial charge on any atom is -0.497 e. The number of carbonyl (C=O) groups is 2. The van der Waals surface area contributed by atoms with Gasteiger partial charge >= 0.3 is 12.1 Å². The van der Waals surface area contributed by atoms with E-state index in [1.54, 1.807) is 25.1 Å². The average molecular weight is 638 g/mol. The first-order valence-electron chi connectivity index (χ1n) is 11.2. The average Bonchev–Trinajstić information content (AvgIpc) is 2.89. The van der Waals surface area contributed by atoms with Crippen molar-refractivity contribution in [3.8, 4) is 11.5 Å². The van der Waals surface area contributed by atoms with E-state index in [-0.39, 0.29) is 23.2 Å². The van der Waals surface area contributed by atoms with Crippen LogP contribution in [-0.4, -0.2) is 38.2 Å². The highest BCUT2D eigenvalue weighted by atomic mass is 127. The van der Waals surface area contributed by atoms with Crippen molar-refractivity contribution in [2.24, 2.45) is 5.73 Å². The molecule has 0 aliphatic heterocycles. The number of hydrogen-bond donors (Lipinski definition) is 2. The van der Waals surface area contributed by atoms with Crippen molar-refractivity contribution in [2.45, 2.75) is 24.2 Å². The Morgan fingerprint density at radius 1 is 1.21 bits per heavy atom. The summed E-state index contributed by atoms with van der Waals surface area (Å²) in [4.78, 5) is 42.4. The monoisotopic (exact) mass is 638 g/mol. The number of amides is 4. The first-order valence-corrected chi connectivity index (χ1v) is 12.4. The highest BCUT2D eigenvalue weighted by Crippen LogP contribution is 2.28. The Hall–Kier alpha value is -3.94. The molecule has 9 nitrogen and oxygen atoms in total. The molecule has 200 valence electrons. The van der Waals surface area contributed by atoms with Gasteiger partial charge in [0.2, 0.25) is 4.23 Å². The number of ether oxygens (including phenoxy) is 2. The number of nitrogens with one attached hydrogen (secondary N) is 1. The molecule has 0 saturated heterocycles. The van der Waals surface area contributed by atoms with Crippen molar-refractivity contribution >= 4 is 40.7 Å². The number of H-pyrrole nitrogens is 1. The van der Waals surface area contributed by atoms with E-state index in [0.717, 1.165) is 17.0 Å². The molecule has 1 aromatic heterocycles. The second kappa shape index (κ2) is 12.5. The van der Waals surface area contributed by atoms with Gasteiger partial charge in [-0.25, -0.2) is 23.3 Å². The molecule has 3 aromatic rings. The van der Waals surface area contributed by atoms with Crippen molar-refractivity contribution < 1.29 is 27.8 Å². The summed E-state index contributed by atoms with van der Waals surface area (Å²) in [6.07, 6.45) is 2.55. The van der Waals surface area contributed by atoms with Crippen LogP contribution in [0.15, 0.2) is 60.0 Å². The maximum atomic E-state index is 14.3. The van der Waals surface area contributed by atoms with Crippen LogP contribution < -0.4 is 20.8 Å². The number of methoxy groups -OCH3 is 1. The Morgan fingerprint density at radius 3 is 2.55 bits per heavy atom. The highest BCUT2D eigenvalue weighted by Gasteiger charge is 2.32. The van der Waals surface area contributed by atoms with Crippen LogP contribution >= 0.6 is 22.6 Å². The van der Waals surface area contributed by atoms with E-state index in [2.05, 4.69) is 11.6 Å². The minimum absolute atomic E-state index is 0.105. The summed E-state index contributed by atoms with van der Waals surface area (Å²) < 4.78 is 38.5. The number of aromatic amines is 1. The lowest BCUT2D eigenvalue weighted by atomic mass is 10.1. The molecule has 0 bridgehead atoms. The molecular weight excluding hydrogens is 613 g/mol. The van der Waals surface area contributed by atoms with Gasteiger partial charge in [-0.3, -0.25) is 9.69 Å². The lowest BCUT2D eigenvalue weighted by Crippen LogP contribution is -2.51. The number of imide groups is 1. The van der Waals surface area contributed by atoms with E-state index in [1.807, 2.05) is 22.6 Å². The van der Waals surface area contributed by atoms with Crippen LogP contribution in [0, 0.1) is 18.6 Å². The van der Waals surface area contributed by atoms with Crippen molar-refractivity contribution in [1.29, 1.82) is 0 Å². The fraction of sp³-hybridized carbons (Fsp3) is 0.192. The number of halogens is 3. The lowest BCUT2D eigenvalue weighted by molar-refractivity contribution is 0.0969. The van der Waals surface area contributed by atoms with Gasteiger partial charge in [0.1, 0.15) is 11.5 Å². The number of alkyl halides is 1. The fourth-order valence-corrected chi connectivity index (χ4v) is 4.24. The van der Waals surface area contributed by atoms with Gasteiger partial charge in [-0.15, -0.1) is 0 Å². The summed E-state index contributed by atoms with van der Waals surface area (Å²) in [7, 11) is 1.52. The van der Waals surface area contributed by atoms with E-state index in [1.165, 1.54) is 31.5 Å². The number of nitrogens with two attached hydrogens (primary N) is 1. The number of primary amides is 1. The number of rotatable bonds is 9. The summed E-state index contributed by atoms with van der Waals surface area (Å²) in [6.45, 7) is 4.53. The molecular formula is C26H25F2IN4O5. The molecule has 3 rings (SSSR count). The number of urea groups is 2. The fourth-order valence-electron chi connectivity index (χ4n) is 3.53. The second-order valence-electron chi connectivity index (χ2n) is 8.09. The van der Waals surface area contributed by atoms with Gasteiger partial charge in [0.05, 0.1) is 20.2 Å². The van der Waals surface area contributed by atoms with E-state index in [4.69, 9.17) is 15.2 Å². The summed E-state index contributed by atoms with van der Waals surface area (Å²) in [5, 5.41) is 0. The number of hydrogen-bond acceptors (Lipinski definition) is 5. The summed E-state index contributed by atoms with van der Waals surface area (Å²) in [5.41, 5.74) is 5.91. The van der Waals surface area contributed by atoms with Crippen molar-refractivity contribution in [3.63, 3.8) is 0 Å². The third-order valence-electron chi connectivity index (χ3n) is 5.51. The molecule has 1 heterocycles. The van der Waals surface area contributed by atoms with E-state index in [0.29, 0.717) is 22.0 Å². The smallest absolute Gasteiger partial charge is 0.332 e. The van der Waals surface area contributed by atoms with Gasteiger partial charge in [0, 0.05) is 17.3 Å². The zero-order valence-corrected chi connectivity index (χ0v) is 22.7. The standard InChI is InChI=1S/C26H25F2IN4O5/c1-4-17-11-16(12-20(27)22(17)28)13-32(24(29)38-21-8-7-19(37-3)10-15(21)2)26(36)33(25(30)35)14-18-6-5-9-31-23(18)34/h4-12,24H,1,13-14H2,2-3H3,(H2,30,35)(H,31,34)/t24-/m0/s1. The summed E-state index contributed by atoms with van der Waals surface area (Å²) >= 11 is 1.83. The first-order chi connectivity index (χ1) is 18.0. The Bertz CT molecular complexity index is 1410. The van der Waals surface area contributed by atoms with Crippen LogP contribution in [0.5, 0.6) is 11.5 Å². The Balaban J connectivity index is 2.01. The second-order valence-corrected chi connectivity index (χ2v) is 9.15. The zero-order valence-electron chi connectivity index (χ0n) is 20.5. The maximum Gasteiger partial charge on any atom is 0.332 e. The lowest BCUT2D eigenvalue weighted by Gasteiger charge is -2.32. The number of aryl methyl sites for hydroxylation is 1. The molecule has 1 atom stereocenters. The molecule has 0 saturated carbocycles. The number of benzene rings is 2. The zero-order chi connectivity index (χ0) is 28.0. The topological polar surface area (TPSA) is 118 Å². The molecule has 0 fully saturated rings. The van der Waals surface area contributed by atoms with Crippen molar-refractivity contribution in [1.82, 2.24) is 14.8 Å². The molecule has 4 amide bonds. The highest BCUT2D eigenvalue weighted by molar-refractivity contribution is 14.1. The van der Waals surface area contributed by atoms with E-state index < -0.39 is 40.0 Å². The summed E-state index contributed by atoms with van der Waals surface area (Å²) in [5.74, 6) is -1.21. The Morgan fingerprint density at radius 2 is 1.95 bits per heavy atom. The predicted molar refractivity (Wildman–Crippen MR) is 146 cm³/mol. The van der Waals surface area contributed by atoms with Crippen LogP contribution in [-0.2, 0) is 13.1 Å². The van der Waals surface area contributed by atoms with Crippen LogP contribution in [0.3, 0.4) is 0 Å². The van der Waals surface area contributed by atoms with Gasteiger partial charge < -0.3 is 20.2 Å². The van der Waals surface area contributed by atoms with Crippen LogP contribution in [0.2, 0.25) is 0 Å². The minimum atomic E-state index is -1.13. The maximum absolute atomic E-state index is 14.3. The normalized spacial score (nSPS) is 11.4. The van der Waals surface area contributed by atoms with Gasteiger partial charge in [-0.05, 0) is 77.0 Å². The van der Waals surface area contributed by atoms with Crippen LogP contribution in [0.1, 0.15) is 22.3 Å². The number of carbonyl (C=O) groups excluding carboxylic acids is 2. The molecule has 0 unspecified atom stereocenters. The summed E-state index contributed by atoms with van der Waals surface area (Å²) in [6, 6.07) is 8.23. The van der Waals surface area contributed by atoms with Gasteiger partial charge in [0.25, 0.3) is 5.56 Å². The number of nitrogens with zero attached hydrogens (tertiary/aromatic N) is 2.